The minimum absolute atomic E-state index is 0.0424. The molecule has 0 radical (unpaired) electrons. The molecule has 1 N–H and O–H groups in total. The van der Waals surface area contributed by atoms with Gasteiger partial charge in [0.25, 0.3) is 11.6 Å². The highest BCUT2D eigenvalue weighted by atomic mass is 16.6. The highest BCUT2D eigenvalue weighted by Crippen LogP contribution is 2.26. The van der Waals surface area contributed by atoms with Crippen molar-refractivity contribution in [1.29, 1.82) is 0 Å². The molecule has 1 aromatic heterocycles. The summed E-state index contributed by atoms with van der Waals surface area (Å²) in [5, 5.41) is 13.5. The number of amides is 1. The van der Waals surface area contributed by atoms with Gasteiger partial charge in [-0.1, -0.05) is 12.1 Å². The molecule has 1 amide bonds. The first-order valence-electron chi connectivity index (χ1n) is 8.32. The number of aromatic nitrogens is 2. The first-order chi connectivity index (χ1) is 12.6. The summed E-state index contributed by atoms with van der Waals surface area (Å²) in [5.74, 6) is 0.813. The van der Waals surface area contributed by atoms with Crippen LogP contribution in [0.1, 0.15) is 22.6 Å². The number of fused-ring (bicyclic) bond motifs is 1. The van der Waals surface area contributed by atoms with Crippen molar-refractivity contribution in [2.75, 3.05) is 5.32 Å². The van der Waals surface area contributed by atoms with Crippen LogP contribution in [0.2, 0.25) is 0 Å². The molecule has 1 aliphatic heterocycles. The molecule has 2 aromatic carbocycles. The molecule has 0 saturated heterocycles. The summed E-state index contributed by atoms with van der Waals surface area (Å²) in [4.78, 5) is 26.9. The van der Waals surface area contributed by atoms with Crippen molar-refractivity contribution in [3.8, 4) is 11.3 Å². The molecule has 0 atom stereocenters. The summed E-state index contributed by atoms with van der Waals surface area (Å²) < 4.78 is 2.23. The quantitative estimate of drug-likeness (QED) is 0.575. The average molecular weight is 348 g/mol. The van der Waals surface area contributed by atoms with Crippen LogP contribution in [0.4, 0.5) is 11.4 Å². The van der Waals surface area contributed by atoms with Gasteiger partial charge in [-0.25, -0.2) is 4.98 Å². The van der Waals surface area contributed by atoms with E-state index in [2.05, 4.69) is 14.9 Å². The van der Waals surface area contributed by atoms with Gasteiger partial charge in [0.05, 0.1) is 16.8 Å². The third kappa shape index (κ3) is 2.95. The molecule has 0 unspecified atom stereocenters. The van der Waals surface area contributed by atoms with Gasteiger partial charge in [-0.15, -0.1) is 0 Å². The van der Waals surface area contributed by atoms with Gasteiger partial charge in [-0.3, -0.25) is 14.9 Å². The Hall–Kier alpha value is -3.48. The Morgan fingerprint density at radius 1 is 1.12 bits per heavy atom. The molecule has 2 heterocycles. The Kier molecular flexibility index (Phi) is 3.96. The third-order valence-corrected chi connectivity index (χ3v) is 4.50. The molecule has 130 valence electrons. The fraction of sp³-hybridized carbons (Fsp3) is 0.158. The van der Waals surface area contributed by atoms with Gasteiger partial charge < -0.3 is 9.88 Å². The smallest absolute Gasteiger partial charge is 0.269 e. The number of carbonyl (C=O) groups excluding carboxylic acids is 1. The summed E-state index contributed by atoms with van der Waals surface area (Å²) in [6.45, 7) is 0.989. The maximum Gasteiger partial charge on any atom is 0.269 e. The van der Waals surface area contributed by atoms with Gasteiger partial charge in [0, 0.05) is 36.3 Å². The number of nitro groups is 1. The van der Waals surface area contributed by atoms with Gasteiger partial charge in [-0.05, 0) is 36.2 Å². The van der Waals surface area contributed by atoms with Crippen molar-refractivity contribution in [3.63, 3.8) is 0 Å². The summed E-state index contributed by atoms with van der Waals surface area (Å²) >= 11 is 0. The molecule has 7 nitrogen and oxygen atoms in total. The third-order valence-electron chi connectivity index (χ3n) is 4.50. The molecule has 7 heteroatoms. The fourth-order valence-corrected chi connectivity index (χ4v) is 3.15. The highest BCUT2D eigenvalue weighted by Gasteiger charge is 2.16. The monoisotopic (exact) mass is 348 g/mol. The first-order valence-corrected chi connectivity index (χ1v) is 8.32. The zero-order valence-corrected chi connectivity index (χ0v) is 13.9. The zero-order chi connectivity index (χ0) is 18.1. The van der Waals surface area contributed by atoms with E-state index in [1.54, 1.807) is 0 Å². The summed E-state index contributed by atoms with van der Waals surface area (Å²) in [5.41, 5.74) is 3.13. The van der Waals surface area contributed by atoms with Gasteiger partial charge in [0.2, 0.25) is 0 Å². The Morgan fingerprint density at radius 3 is 2.54 bits per heavy atom. The van der Waals surface area contributed by atoms with Gasteiger partial charge in [0.1, 0.15) is 5.82 Å². The molecule has 0 saturated carbocycles. The van der Waals surface area contributed by atoms with E-state index < -0.39 is 4.92 Å². The lowest BCUT2D eigenvalue weighted by Gasteiger charge is -2.08. The standard InChI is InChI=1S/C19H16N4O3/c24-19(14-5-9-16(10-6-14)23(25)26)21-15-7-3-13(4-8-15)17-12-20-18-2-1-11-22(17)18/h3-10,12H,1-2,11H2,(H,21,24). The van der Waals surface area contributed by atoms with Crippen LogP contribution in [-0.2, 0) is 13.0 Å². The summed E-state index contributed by atoms with van der Waals surface area (Å²) in [7, 11) is 0. The molecule has 0 aliphatic carbocycles. The van der Waals surface area contributed by atoms with Gasteiger partial charge >= 0.3 is 0 Å². The summed E-state index contributed by atoms with van der Waals surface area (Å²) in [6, 6.07) is 13.1. The second-order valence-electron chi connectivity index (χ2n) is 6.15. The number of hydrogen-bond acceptors (Lipinski definition) is 4. The number of carbonyl (C=O) groups is 1. The second kappa shape index (κ2) is 6.44. The number of aryl methyl sites for hydroxylation is 1. The van der Waals surface area contributed by atoms with E-state index in [0.717, 1.165) is 36.5 Å². The molecule has 26 heavy (non-hydrogen) atoms. The van der Waals surface area contributed by atoms with Crippen molar-refractivity contribution in [2.45, 2.75) is 19.4 Å². The van der Waals surface area contributed by atoms with Crippen LogP contribution in [0.5, 0.6) is 0 Å². The van der Waals surface area contributed by atoms with E-state index in [1.807, 2.05) is 30.5 Å². The van der Waals surface area contributed by atoms with Crippen molar-refractivity contribution in [1.82, 2.24) is 9.55 Å². The Balaban J connectivity index is 1.48. The number of benzene rings is 2. The van der Waals surface area contributed by atoms with Crippen molar-refractivity contribution >= 4 is 17.3 Å². The minimum Gasteiger partial charge on any atom is -0.328 e. The molecule has 0 spiro atoms. The van der Waals surface area contributed by atoms with E-state index >= 15 is 0 Å². The molecule has 0 bridgehead atoms. The molecule has 1 aliphatic rings. The van der Waals surface area contributed by atoms with Crippen molar-refractivity contribution < 1.29 is 9.72 Å². The summed E-state index contributed by atoms with van der Waals surface area (Å²) in [6.07, 6.45) is 4.03. The Morgan fingerprint density at radius 2 is 1.85 bits per heavy atom. The predicted molar refractivity (Wildman–Crippen MR) is 97.0 cm³/mol. The van der Waals surface area contributed by atoms with Crippen LogP contribution >= 0.6 is 0 Å². The number of anilines is 1. The molecule has 4 rings (SSSR count). The normalized spacial score (nSPS) is 12.6. The Labute approximate surface area is 149 Å². The predicted octanol–water partition coefficient (Wildman–Crippen LogP) is 3.66. The SMILES string of the molecule is O=C(Nc1ccc(-c2cnc3n2CCC3)cc1)c1ccc([N+](=O)[O-])cc1. The topological polar surface area (TPSA) is 90.1 Å². The number of nitro benzene ring substituents is 1. The second-order valence-corrected chi connectivity index (χ2v) is 6.15. The minimum atomic E-state index is -0.492. The number of nitrogens with zero attached hydrogens (tertiary/aromatic N) is 3. The number of non-ortho nitro benzene ring substituents is 1. The molecular weight excluding hydrogens is 332 g/mol. The Bertz CT molecular complexity index is 975. The van der Waals surface area contributed by atoms with E-state index in [9.17, 15) is 14.9 Å². The molecule has 0 fully saturated rings. The van der Waals surface area contributed by atoms with Crippen LogP contribution in [-0.4, -0.2) is 20.4 Å². The van der Waals surface area contributed by atoms with E-state index in [-0.39, 0.29) is 11.6 Å². The lowest BCUT2D eigenvalue weighted by Crippen LogP contribution is -2.11. The van der Waals surface area contributed by atoms with Crippen molar-refractivity contribution in [2.24, 2.45) is 0 Å². The largest absolute Gasteiger partial charge is 0.328 e. The average Bonchev–Trinajstić information content (AvgIpc) is 3.26. The van der Waals surface area contributed by atoms with E-state index in [0.29, 0.717) is 11.3 Å². The van der Waals surface area contributed by atoms with Gasteiger partial charge in [0.15, 0.2) is 0 Å². The maximum absolute atomic E-state index is 12.3. The number of hydrogen-bond donors (Lipinski definition) is 1. The van der Waals surface area contributed by atoms with Crippen LogP contribution < -0.4 is 5.32 Å². The molecular formula is C19H16N4O3. The first kappa shape index (κ1) is 16.0. The van der Waals surface area contributed by atoms with E-state index in [1.165, 1.54) is 24.3 Å². The molecule has 3 aromatic rings. The van der Waals surface area contributed by atoms with Crippen molar-refractivity contribution in [3.05, 3.63) is 76.2 Å². The number of rotatable bonds is 4. The number of nitrogens with one attached hydrogen (secondary N) is 1. The highest BCUT2D eigenvalue weighted by molar-refractivity contribution is 6.04. The lowest BCUT2D eigenvalue weighted by atomic mass is 10.1. The fourth-order valence-electron chi connectivity index (χ4n) is 3.15. The van der Waals surface area contributed by atoms with Crippen LogP contribution in [0.3, 0.4) is 0 Å². The van der Waals surface area contributed by atoms with Crippen LogP contribution in [0.25, 0.3) is 11.3 Å². The van der Waals surface area contributed by atoms with E-state index in [4.69, 9.17) is 0 Å². The van der Waals surface area contributed by atoms with Crippen LogP contribution in [0, 0.1) is 10.1 Å². The zero-order valence-electron chi connectivity index (χ0n) is 13.9. The number of imidazole rings is 1. The van der Waals surface area contributed by atoms with Crippen LogP contribution in [0.15, 0.2) is 54.7 Å². The van der Waals surface area contributed by atoms with Gasteiger partial charge in [-0.2, -0.15) is 0 Å². The maximum atomic E-state index is 12.3. The lowest BCUT2D eigenvalue weighted by molar-refractivity contribution is -0.384.